The lowest BCUT2D eigenvalue weighted by Crippen LogP contribution is -2.15. The van der Waals surface area contributed by atoms with Crippen LogP contribution in [-0.4, -0.2) is 28.4 Å². The number of carbonyl (C=O) groups excluding carboxylic acids is 1. The second-order valence-corrected chi connectivity index (χ2v) is 6.96. The molecule has 132 valence electrons. The van der Waals surface area contributed by atoms with Gasteiger partial charge in [0.1, 0.15) is 16.4 Å². The van der Waals surface area contributed by atoms with E-state index in [2.05, 4.69) is 0 Å². The fraction of sp³-hybridized carbons (Fsp3) is 0.118. The first kappa shape index (κ1) is 19.0. The zero-order valence-electron chi connectivity index (χ0n) is 13.5. The van der Waals surface area contributed by atoms with Gasteiger partial charge in [-0.2, -0.15) is 0 Å². The molecule has 0 unspecified atom stereocenters. The van der Waals surface area contributed by atoms with Crippen LogP contribution < -0.4 is 14.6 Å². The summed E-state index contributed by atoms with van der Waals surface area (Å²) in [5, 5.41) is 5.76. The molecule has 0 amide bonds. The lowest BCUT2D eigenvalue weighted by Gasteiger charge is -2.12. The van der Waals surface area contributed by atoms with E-state index in [0.29, 0.717) is 5.02 Å². The van der Waals surface area contributed by atoms with Gasteiger partial charge < -0.3 is 9.47 Å². The van der Waals surface area contributed by atoms with Crippen molar-refractivity contribution in [1.82, 2.24) is 0 Å². The van der Waals surface area contributed by atoms with Gasteiger partial charge in [0.05, 0.1) is 19.8 Å². The Hall–Kier alpha value is -2.35. The summed E-state index contributed by atoms with van der Waals surface area (Å²) in [5.41, 5.74) is 0.814. The van der Waals surface area contributed by atoms with Gasteiger partial charge in [0.15, 0.2) is 5.78 Å². The van der Waals surface area contributed by atoms with Crippen molar-refractivity contribution in [3.63, 3.8) is 0 Å². The third kappa shape index (κ3) is 4.60. The Morgan fingerprint density at radius 1 is 1.08 bits per heavy atom. The largest absolute Gasteiger partial charge is 0.496 e. The fourth-order valence-corrected chi connectivity index (χ4v) is 2.95. The van der Waals surface area contributed by atoms with E-state index in [9.17, 15) is 13.2 Å². The summed E-state index contributed by atoms with van der Waals surface area (Å²) in [4.78, 5) is 12.2. The summed E-state index contributed by atoms with van der Waals surface area (Å²) in [6, 6.07) is 9.32. The predicted octanol–water partition coefficient (Wildman–Crippen LogP) is 2.90. The van der Waals surface area contributed by atoms with Gasteiger partial charge >= 0.3 is 0 Å². The molecule has 8 heteroatoms. The number of halogens is 1. The molecule has 0 spiro atoms. The quantitative estimate of drug-likeness (QED) is 0.613. The van der Waals surface area contributed by atoms with Crippen molar-refractivity contribution in [2.45, 2.75) is 4.90 Å². The molecule has 2 N–H and O–H groups in total. The van der Waals surface area contributed by atoms with Crippen LogP contribution in [0.5, 0.6) is 11.5 Å². The monoisotopic (exact) mass is 381 g/mol. The third-order valence-corrected chi connectivity index (χ3v) is 4.54. The number of benzene rings is 2. The zero-order valence-corrected chi connectivity index (χ0v) is 15.1. The number of allylic oxidation sites excluding steroid dienone is 1. The van der Waals surface area contributed by atoms with Crippen LogP contribution in [0.4, 0.5) is 0 Å². The Kier molecular flexibility index (Phi) is 5.84. The van der Waals surface area contributed by atoms with Gasteiger partial charge in [-0.1, -0.05) is 29.8 Å². The van der Waals surface area contributed by atoms with Crippen LogP contribution in [0.2, 0.25) is 5.02 Å². The van der Waals surface area contributed by atoms with E-state index in [1.807, 2.05) is 0 Å². The summed E-state index contributed by atoms with van der Waals surface area (Å²) >= 11 is 5.81. The van der Waals surface area contributed by atoms with Crippen molar-refractivity contribution < 1.29 is 22.7 Å². The first-order valence-corrected chi connectivity index (χ1v) is 8.95. The van der Waals surface area contributed by atoms with E-state index >= 15 is 0 Å². The molecule has 25 heavy (non-hydrogen) atoms. The Morgan fingerprint density at radius 3 is 2.20 bits per heavy atom. The zero-order chi connectivity index (χ0) is 18.6. The Labute approximate surface area is 150 Å². The van der Waals surface area contributed by atoms with Crippen molar-refractivity contribution >= 4 is 33.5 Å². The van der Waals surface area contributed by atoms with Crippen molar-refractivity contribution in [3.05, 3.63) is 58.6 Å². The number of methoxy groups -OCH3 is 2. The van der Waals surface area contributed by atoms with E-state index in [0.717, 1.165) is 11.6 Å². The summed E-state index contributed by atoms with van der Waals surface area (Å²) in [7, 11) is -1.41. The minimum atomic E-state index is -4.07. The lowest BCUT2D eigenvalue weighted by molar-refractivity contribution is 0.104. The van der Waals surface area contributed by atoms with Crippen LogP contribution in [0.3, 0.4) is 0 Å². The topological polar surface area (TPSA) is 95.7 Å². The highest BCUT2D eigenvalue weighted by Gasteiger charge is 2.21. The van der Waals surface area contributed by atoms with Crippen LogP contribution >= 0.6 is 11.6 Å². The van der Waals surface area contributed by atoms with Gasteiger partial charge in [-0.25, -0.2) is 13.6 Å². The highest BCUT2D eigenvalue weighted by atomic mass is 35.5. The van der Waals surface area contributed by atoms with Gasteiger partial charge in [-0.15, -0.1) is 0 Å². The van der Waals surface area contributed by atoms with E-state index in [1.54, 1.807) is 30.3 Å². The average Bonchev–Trinajstić information content (AvgIpc) is 2.58. The number of hydrogen-bond donors (Lipinski definition) is 1. The molecule has 2 aromatic carbocycles. The maximum Gasteiger partial charge on any atom is 0.241 e. The molecule has 0 aromatic heterocycles. The van der Waals surface area contributed by atoms with Gasteiger partial charge in [-0.3, -0.25) is 4.79 Å². The van der Waals surface area contributed by atoms with E-state index in [-0.39, 0.29) is 22.0 Å². The maximum absolute atomic E-state index is 12.5. The van der Waals surface area contributed by atoms with E-state index < -0.39 is 15.8 Å². The Morgan fingerprint density at radius 2 is 1.68 bits per heavy atom. The summed E-state index contributed by atoms with van der Waals surface area (Å²) in [6.07, 6.45) is 2.89. The molecule has 2 rings (SSSR count). The molecule has 2 aromatic rings. The normalized spacial score (nSPS) is 11.5. The molecule has 0 aliphatic rings. The molecular formula is C17H16ClNO5S. The molecule has 0 aliphatic carbocycles. The smallest absolute Gasteiger partial charge is 0.241 e. The van der Waals surface area contributed by atoms with Crippen LogP contribution in [-0.2, 0) is 10.0 Å². The van der Waals surface area contributed by atoms with Crippen molar-refractivity contribution in [2.75, 3.05) is 14.2 Å². The van der Waals surface area contributed by atoms with Gasteiger partial charge in [0.2, 0.25) is 10.0 Å². The van der Waals surface area contributed by atoms with Crippen molar-refractivity contribution in [3.8, 4) is 11.5 Å². The van der Waals surface area contributed by atoms with Gasteiger partial charge in [-0.05, 0) is 29.8 Å². The minimum absolute atomic E-state index is 0.00224. The number of rotatable bonds is 6. The van der Waals surface area contributed by atoms with Crippen LogP contribution in [0, 0.1) is 0 Å². The first-order valence-electron chi connectivity index (χ1n) is 7.03. The average molecular weight is 382 g/mol. The molecule has 0 saturated heterocycles. The van der Waals surface area contributed by atoms with Gasteiger partial charge in [0, 0.05) is 11.1 Å². The minimum Gasteiger partial charge on any atom is -0.496 e. The standard InChI is InChI=1S/C17H16ClNO5S/c1-23-15-10-16(24-2)17(25(19,21)22)9-13(15)14(20)8-5-11-3-6-12(18)7-4-11/h3-10H,1-2H3,(H2,19,21,22)/b8-5+. The maximum atomic E-state index is 12.5. The number of carbonyl (C=O) groups is 1. The Bertz CT molecular complexity index is 921. The van der Waals surface area contributed by atoms with Crippen molar-refractivity contribution in [2.24, 2.45) is 5.14 Å². The van der Waals surface area contributed by atoms with E-state index in [1.165, 1.54) is 26.4 Å². The lowest BCUT2D eigenvalue weighted by atomic mass is 10.1. The molecule has 0 bridgehead atoms. The Balaban J connectivity index is 2.46. The number of hydrogen-bond acceptors (Lipinski definition) is 5. The SMILES string of the molecule is COc1cc(OC)c(S(N)(=O)=O)cc1C(=O)/C=C/c1ccc(Cl)cc1. The molecular weight excluding hydrogens is 366 g/mol. The third-order valence-electron chi connectivity index (χ3n) is 3.35. The molecule has 0 atom stereocenters. The predicted molar refractivity (Wildman–Crippen MR) is 95.7 cm³/mol. The first-order chi connectivity index (χ1) is 11.8. The second kappa shape index (κ2) is 7.69. The fourth-order valence-electron chi connectivity index (χ4n) is 2.12. The number of ketones is 1. The molecule has 6 nitrogen and oxygen atoms in total. The summed E-state index contributed by atoms with van der Waals surface area (Å²) < 4.78 is 33.6. The summed E-state index contributed by atoms with van der Waals surface area (Å²) in [6.45, 7) is 0. The van der Waals surface area contributed by atoms with Crippen LogP contribution in [0.1, 0.15) is 15.9 Å². The number of primary sulfonamides is 1. The number of sulfonamides is 1. The molecule has 0 aliphatic heterocycles. The summed E-state index contributed by atoms with van der Waals surface area (Å²) in [5.74, 6) is -0.271. The molecule has 0 radical (unpaired) electrons. The van der Waals surface area contributed by atoms with Gasteiger partial charge in [0.25, 0.3) is 0 Å². The van der Waals surface area contributed by atoms with E-state index in [4.69, 9.17) is 26.2 Å². The molecule has 0 fully saturated rings. The second-order valence-electron chi connectivity index (χ2n) is 5.00. The number of ether oxygens (including phenoxy) is 2. The highest BCUT2D eigenvalue weighted by molar-refractivity contribution is 7.89. The van der Waals surface area contributed by atoms with Crippen LogP contribution in [0.15, 0.2) is 47.4 Å². The van der Waals surface area contributed by atoms with Crippen LogP contribution in [0.25, 0.3) is 6.08 Å². The molecule has 0 saturated carbocycles. The van der Waals surface area contributed by atoms with Crippen molar-refractivity contribution in [1.29, 1.82) is 0 Å². The highest BCUT2D eigenvalue weighted by Crippen LogP contribution is 2.32. The number of nitrogens with two attached hydrogens (primary N) is 1. The molecule has 0 heterocycles.